The van der Waals surface area contributed by atoms with E-state index >= 15 is 0 Å². The highest BCUT2D eigenvalue weighted by Crippen LogP contribution is 2.31. The lowest BCUT2D eigenvalue weighted by molar-refractivity contribution is 0.176. The van der Waals surface area contributed by atoms with Crippen LogP contribution in [0.1, 0.15) is 31.7 Å². The Bertz CT molecular complexity index is 396. The number of piperidine rings is 1. The summed E-state index contributed by atoms with van der Waals surface area (Å²) in [4.78, 5) is 2.43. The summed E-state index contributed by atoms with van der Waals surface area (Å²) in [6.45, 7) is 6.98. The van der Waals surface area contributed by atoms with Crippen molar-refractivity contribution in [1.82, 2.24) is 10.2 Å². The average Bonchev–Trinajstić information content (AvgIpc) is 2.47. The maximum Gasteiger partial charge on any atom is 0.118 e. The van der Waals surface area contributed by atoms with Gasteiger partial charge in [-0.1, -0.05) is 19.1 Å². The average molecular weight is 276 g/mol. The maximum atomic E-state index is 5.19. The minimum Gasteiger partial charge on any atom is -0.497 e. The van der Waals surface area contributed by atoms with Crippen molar-refractivity contribution in [3.8, 4) is 5.75 Å². The smallest absolute Gasteiger partial charge is 0.118 e. The van der Waals surface area contributed by atoms with Crippen molar-refractivity contribution in [2.75, 3.05) is 33.8 Å². The number of benzene rings is 1. The number of nitrogens with zero attached hydrogens (tertiary/aromatic N) is 1. The van der Waals surface area contributed by atoms with E-state index in [9.17, 15) is 0 Å². The molecule has 1 N–H and O–H groups in total. The Morgan fingerprint density at radius 2 is 1.85 bits per heavy atom. The zero-order valence-electron chi connectivity index (χ0n) is 13.1. The molecule has 0 bridgehead atoms. The van der Waals surface area contributed by atoms with E-state index in [4.69, 9.17) is 4.74 Å². The number of hydrogen-bond donors (Lipinski definition) is 1. The monoisotopic (exact) mass is 276 g/mol. The summed E-state index contributed by atoms with van der Waals surface area (Å²) < 4.78 is 5.19. The molecule has 1 aromatic rings. The van der Waals surface area contributed by atoms with Crippen LogP contribution in [0.3, 0.4) is 0 Å². The number of ether oxygens (including phenoxy) is 1. The second kappa shape index (κ2) is 7.09. The Morgan fingerprint density at radius 1 is 1.20 bits per heavy atom. The van der Waals surface area contributed by atoms with Crippen molar-refractivity contribution in [3.05, 3.63) is 29.8 Å². The number of rotatable bonds is 6. The molecule has 1 saturated heterocycles. The molecule has 0 aromatic heterocycles. The standard InChI is InChI=1S/C17H28N2O/c1-17(8-11-18-12-9-17)10-13-19(2)14-15-4-6-16(20-3)7-5-15/h4-7,18H,8-14H2,1-3H3. The Labute approximate surface area is 123 Å². The lowest BCUT2D eigenvalue weighted by Gasteiger charge is -2.35. The fourth-order valence-electron chi connectivity index (χ4n) is 2.86. The first kappa shape index (κ1) is 15.3. The summed E-state index contributed by atoms with van der Waals surface area (Å²) in [5.41, 5.74) is 1.88. The van der Waals surface area contributed by atoms with Crippen LogP contribution < -0.4 is 10.1 Å². The molecular formula is C17H28N2O. The van der Waals surface area contributed by atoms with Gasteiger partial charge in [0, 0.05) is 6.54 Å². The molecule has 1 aromatic carbocycles. The summed E-state index contributed by atoms with van der Waals surface area (Å²) in [5.74, 6) is 0.929. The van der Waals surface area contributed by atoms with Crippen molar-refractivity contribution in [3.63, 3.8) is 0 Å². The van der Waals surface area contributed by atoms with Gasteiger partial charge in [0.2, 0.25) is 0 Å². The summed E-state index contributed by atoms with van der Waals surface area (Å²) in [6, 6.07) is 8.39. The first-order chi connectivity index (χ1) is 9.61. The van der Waals surface area contributed by atoms with Crippen molar-refractivity contribution < 1.29 is 4.74 Å². The van der Waals surface area contributed by atoms with Crippen molar-refractivity contribution in [2.24, 2.45) is 5.41 Å². The van der Waals surface area contributed by atoms with E-state index in [0.29, 0.717) is 5.41 Å². The quantitative estimate of drug-likeness (QED) is 0.864. The fraction of sp³-hybridized carbons (Fsp3) is 0.647. The number of hydrogen-bond acceptors (Lipinski definition) is 3. The Kier molecular flexibility index (Phi) is 5.44. The van der Waals surface area contributed by atoms with E-state index in [-0.39, 0.29) is 0 Å². The van der Waals surface area contributed by atoms with Crippen LogP contribution in [0.15, 0.2) is 24.3 Å². The first-order valence-electron chi connectivity index (χ1n) is 7.63. The van der Waals surface area contributed by atoms with Crippen molar-refractivity contribution >= 4 is 0 Å². The van der Waals surface area contributed by atoms with E-state index in [1.165, 1.54) is 44.5 Å². The molecule has 3 heteroatoms. The highest BCUT2D eigenvalue weighted by molar-refractivity contribution is 5.27. The van der Waals surface area contributed by atoms with E-state index in [1.54, 1.807) is 7.11 Å². The minimum atomic E-state index is 0.527. The molecule has 1 aliphatic heterocycles. The van der Waals surface area contributed by atoms with Gasteiger partial charge in [-0.15, -0.1) is 0 Å². The van der Waals surface area contributed by atoms with Gasteiger partial charge in [-0.25, -0.2) is 0 Å². The SMILES string of the molecule is COc1ccc(CN(C)CCC2(C)CCNCC2)cc1. The van der Waals surface area contributed by atoms with Crippen LogP contribution >= 0.6 is 0 Å². The fourth-order valence-corrected chi connectivity index (χ4v) is 2.86. The second-order valence-electron chi connectivity index (χ2n) is 6.40. The summed E-state index contributed by atoms with van der Waals surface area (Å²) >= 11 is 0. The van der Waals surface area contributed by atoms with Crippen LogP contribution in [-0.4, -0.2) is 38.7 Å². The van der Waals surface area contributed by atoms with Crippen LogP contribution in [0.5, 0.6) is 5.75 Å². The molecule has 1 aliphatic rings. The summed E-state index contributed by atoms with van der Waals surface area (Å²) in [5, 5.41) is 3.45. The highest BCUT2D eigenvalue weighted by Gasteiger charge is 2.26. The van der Waals surface area contributed by atoms with Gasteiger partial charge in [0.25, 0.3) is 0 Å². The lowest BCUT2D eigenvalue weighted by atomic mass is 9.78. The van der Waals surface area contributed by atoms with Crippen molar-refractivity contribution in [1.29, 1.82) is 0 Å². The van der Waals surface area contributed by atoms with Gasteiger partial charge < -0.3 is 15.0 Å². The number of nitrogens with one attached hydrogen (secondary N) is 1. The van der Waals surface area contributed by atoms with E-state index < -0.39 is 0 Å². The molecule has 0 unspecified atom stereocenters. The van der Waals surface area contributed by atoms with Crippen LogP contribution in [-0.2, 0) is 6.54 Å². The molecule has 0 amide bonds. The zero-order valence-corrected chi connectivity index (χ0v) is 13.1. The molecule has 0 aliphatic carbocycles. The topological polar surface area (TPSA) is 24.5 Å². The molecule has 1 fully saturated rings. The second-order valence-corrected chi connectivity index (χ2v) is 6.40. The van der Waals surface area contributed by atoms with Crippen LogP contribution in [0, 0.1) is 5.41 Å². The predicted molar refractivity (Wildman–Crippen MR) is 84.2 cm³/mol. The molecule has 2 rings (SSSR count). The molecule has 1 heterocycles. The lowest BCUT2D eigenvalue weighted by Crippen LogP contribution is -2.36. The molecule has 0 saturated carbocycles. The largest absolute Gasteiger partial charge is 0.497 e. The maximum absolute atomic E-state index is 5.19. The summed E-state index contributed by atoms with van der Waals surface area (Å²) in [6.07, 6.45) is 3.91. The van der Waals surface area contributed by atoms with Gasteiger partial charge in [-0.2, -0.15) is 0 Å². The first-order valence-corrected chi connectivity index (χ1v) is 7.63. The minimum absolute atomic E-state index is 0.527. The molecular weight excluding hydrogens is 248 g/mol. The van der Waals surface area contributed by atoms with E-state index in [0.717, 1.165) is 12.3 Å². The Balaban J connectivity index is 1.78. The van der Waals surface area contributed by atoms with E-state index in [2.05, 4.69) is 36.3 Å². The molecule has 20 heavy (non-hydrogen) atoms. The number of methoxy groups -OCH3 is 1. The molecule has 0 spiro atoms. The zero-order chi connectivity index (χ0) is 14.4. The van der Waals surface area contributed by atoms with Gasteiger partial charge in [-0.05, 0) is 69.1 Å². The normalized spacial score (nSPS) is 18.2. The predicted octanol–water partition coefficient (Wildman–Crippen LogP) is 2.91. The molecule has 0 radical (unpaired) electrons. The van der Waals surface area contributed by atoms with Crippen LogP contribution in [0.4, 0.5) is 0 Å². The van der Waals surface area contributed by atoms with Gasteiger partial charge in [0.15, 0.2) is 0 Å². The van der Waals surface area contributed by atoms with Gasteiger partial charge in [0.05, 0.1) is 7.11 Å². The molecule has 3 nitrogen and oxygen atoms in total. The third-order valence-electron chi connectivity index (χ3n) is 4.52. The Morgan fingerprint density at radius 3 is 2.45 bits per heavy atom. The van der Waals surface area contributed by atoms with Crippen molar-refractivity contribution in [2.45, 2.75) is 32.7 Å². The van der Waals surface area contributed by atoms with Gasteiger partial charge in [0.1, 0.15) is 5.75 Å². The third kappa shape index (κ3) is 4.50. The third-order valence-corrected chi connectivity index (χ3v) is 4.52. The molecule has 0 atom stereocenters. The van der Waals surface area contributed by atoms with E-state index in [1.807, 2.05) is 12.1 Å². The van der Waals surface area contributed by atoms with Crippen LogP contribution in [0.25, 0.3) is 0 Å². The van der Waals surface area contributed by atoms with Crippen LogP contribution in [0.2, 0.25) is 0 Å². The van der Waals surface area contributed by atoms with Gasteiger partial charge in [-0.3, -0.25) is 0 Å². The van der Waals surface area contributed by atoms with Gasteiger partial charge >= 0.3 is 0 Å². The summed E-state index contributed by atoms with van der Waals surface area (Å²) in [7, 11) is 3.93. The molecule has 112 valence electrons. The Hall–Kier alpha value is -1.06. The highest BCUT2D eigenvalue weighted by atomic mass is 16.5.